The van der Waals surface area contributed by atoms with Crippen LogP contribution in [0.5, 0.6) is 0 Å². The van der Waals surface area contributed by atoms with E-state index in [1.165, 1.54) is 0 Å². The first kappa shape index (κ1) is 20.9. The van der Waals surface area contributed by atoms with Gasteiger partial charge in [0.05, 0.1) is 21.4 Å². The molecule has 1 saturated heterocycles. The Morgan fingerprint density at radius 2 is 1.87 bits per heavy atom. The summed E-state index contributed by atoms with van der Waals surface area (Å²) in [6.45, 7) is 8.23. The molecule has 1 aromatic carbocycles. The van der Waals surface area contributed by atoms with E-state index < -0.39 is 5.60 Å². The summed E-state index contributed by atoms with van der Waals surface area (Å²) in [6, 6.07) is 5.99. The molecule has 0 N–H and O–H groups in total. The molecular weight excluding hydrogens is 470 g/mol. The molecule has 3 aromatic rings. The zero-order valence-corrected chi connectivity index (χ0v) is 19.4. The van der Waals surface area contributed by atoms with Gasteiger partial charge >= 0.3 is 6.09 Å². The molecule has 1 aliphatic heterocycles. The second-order valence-electron chi connectivity index (χ2n) is 8.22. The van der Waals surface area contributed by atoms with Gasteiger partial charge < -0.3 is 14.5 Å². The highest BCUT2D eigenvalue weighted by atomic mass is 79.9. The number of fused-ring (bicyclic) bond motifs is 1. The lowest BCUT2D eigenvalue weighted by molar-refractivity contribution is 0.0240. The molecule has 0 radical (unpaired) electrons. The molecule has 4 rings (SSSR count). The largest absolute Gasteiger partial charge is 0.444 e. The van der Waals surface area contributed by atoms with Crippen molar-refractivity contribution in [3.8, 4) is 11.1 Å². The van der Waals surface area contributed by atoms with Crippen molar-refractivity contribution in [3.63, 3.8) is 0 Å². The van der Waals surface area contributed by atoms with Crippen LogP contribution in [0.3, 0.4) is 0 Å². The number of nitrogens with zero attached hydrogens (tertiary/aromatic N) is 5. The Bertz CT molecular complexity index is 1090. The Morgan fingerprint density at radius 1 is 1.13 bits per heavy atom. The quantitative estimate of drug-likeness (QED) is 0.511. The first-order valence-corrected chi connectivity index (χ1v) is 10.9. The highest BCUT2D eigenvalue weighted by Gasteiger charge is 2.26. The zero-order valence-electron chi connectivity index (χ0n) is 17.1. The summed E-state index contributed by atoms with van der Waals surface area (Å²) in [5, 5.41) is 4.95. The lowest BCUT2D eigenvalue weighted by Crippen LogP contribution is -2.50. The van der Waals surface area contributed by atoms with E-state index in [0.29, 0.717) is 31.2 Å². The maximum atomic E-state index is 12.3. The number of hydrogen-bond donors (Lipinski definition) is 0. The number of anilines is 1. The Labute approximate surface area is 188 Å². The normalized spacial score (nSPS) is 15.0. The number of carbonyl (C=O) groups excluding carboxylic acids is 1. The molecule has 2 aromatic heterocycles. The Hall–Kier alpha value is -2.32. The minimum Gasteiger partial charge on any atom is -0.444 e. The molecule has 0 bridgehead atoms. The molecule has 0 spiro atoms. The third-order valence-corrected chi connectivity index (χ3v) is 5.73. The number of aromatic nitrogens is 3. The van der Waals surface area contributed by atoms with Crippen LogP contribution in [0.25, 0.3) is 16.8 Å². The van der Waals surface area contributed by atoms with Gasteiger partial charge in [-0.3, -0.25) is 0 Å². The SMILES string of the molecule is CC(C)(C)OC(=O)N1CCN(c2ccc(-c3cnc4c(Br)cnn4c3)cc2Cl)CC1. The standard InChI is InChI=1S/C21H23BrClN5O2/c1-21(2,3)30-20(29)27-8-6-26(7-9-27)18-5-4-14(10-17(18)23)15-11-24-19-16(22)12-25-28(19)13-15/h4-5,10-13H,6-9H2,1-3H3. The van der Waals surface area contributed by atoms with E-state index in [1.54, 1.807) is 15.6 Å². The molecule has 1 fully saturated rings. The van der Waals surface area contributed by atoms with Gasteiger partial charge in [-0.25, -0.2) is 14.3 Å². The molecule has 1 amide bonds. The summed E-state index contributed by atoms with van der Waals surface area (Å²) in [5.41, 5.74) is 3.14. The number of halogens is 2. The van der Waals surface area contributed by atoms with Crippen LogP contribution < -0.4 is 4.90 Å². The van der Waals surface area contributed by atoms with Crippen LogP contribution in [0.1, 0.15) is 20.8 Å². The molecule has 0 saturated carbocycles. The molecule has 0 atom stereocenters. The van der Waals surface area contributed by atoms with Crippen LogP contribution in [0, 0.1) is 0 Å². The van der Waals surface area contributed by atoms with Gasteiger partial charge in [0.1, 0.15) is 5.60 Å². The third kappa shape index (κ3) is 4.39. The topological polar surface area (TPSA) is 63.0 Å². The lowest BCUT2D eigenvalue weighted by atomic mass is 10.1. The summed E-state index contributed by atoms with van der Waals surface area (Å²) < 4.78 is 8.05. The lowest BCUT2D eigenvalue weighted by Gasteiger charge is -2.37. The number of piperazine rings is 1. The minimum atomic E-state index is -0.489. The van der Waals surface area contributed by atoms with E-state index in [0.717, 1.165) is 26.9 Å². The van der Waals surface area contributed by atoms with E-state index in [9.17, 15) is 4.79 Å². The number of benzene rings is 1. The number of ether oxygens (including phenoxy) is 1. The predicted molar refractivity (Wildman–Crippen MR) is 121 cm³/mol. The van der Waals surface area contributed by atoms with Gasteiger partial charge in [0, 0.05) is 44.1 Å². The molecule has 1 aliphatic rings. The molecule has 7 nitrogen and oxygen atoms in total. The Balaban J connectivity index is 1.46. The molecule has 3 heterocycles. The summed E-state index contributed by atoms with van der Waals surface area (Å²) >= 11 is 10.1. The van der Waals surface area contributed by atoms with Crippen molar-refractivity contribution in [3.05, 3.63) is 46.3 Å². The average molecular weight is 493 g/mol. The van der Waals surface area contributed by atoms with E-state index >= 15 is 0 Å². The van der Waals surface area contributed by atoms with Crippen molar-refractivity contribution in [2.24, 2.45) is 0 Å². The average Bonchev–Trinajstić information content (AvgIpc) is 3.07. The second kappa shape index (κ2) is 8.07. The van der Waals surface area contributed by atoms with Gasteiger partial charge in [-0.05, 0) is 54.4 Å². The fourth-order valence-electron chi connectivity index (χ4n) is 3.39. The Kier molecular flexibility index (Phi) is 5.63. The minimum absolute atomic E-state index is 0.267. The highest BCUT2D eigenvalue weighted by molar-refractivity contribution is 9.10. The van der Waals surface area contributed by atoms with Crippen LogP contribution in [-0.4, -0.2) is 57.4 Å². The number of rotatable bonds is 2. The van der Waals surface area contributed by atoms with Crippen molar-refractivity contribution < 1.29 is 9.53 Å². The van der Waals surface area contributed by atoms with Crippen LogP contribution >= 0.6 is 27.5 Å². The van der Waals surface area contributed by atoms with Crippen molar-refractivity contribution in [2.75, 3.05) is 31.1 Å². The fourth-order valence-corrected chi connectivity index (χ4v) is 4.07. The van der Waals surface area contributed by atoms with Crippen molar-refractivity contribution >= 4 is 45.0 Å². The maximum Gasteiger partial charge on any atom is 0.410 e. The fraction of sp³-hybridized carbons (Fsp3) is 0.381. The van der Waals surface area contributed by atoms with Gasteiger partial charge in [-0.1, -0.05) is 17.7 Å². The van der Waals surface area contributed by atoms with E-state index in [2.05, 4.69) is 30.9 Å². The maximum absolute atomic E-state index is 12.3. The second-order valence-corrected chi connectivity index (χ2v) is 9.49. The molecule has 30 heavy (non-hydrogen) atoms. The number of carbonyl (C=O) groups is 1. The molecule has 0 unspecified atom stereocenters. The van der Waals surface area contributed by atoms with E-state index in [4.69, 9.17) is 16.3 Å². The van der Waals surface area contributed by atoms with Gasteiger partial charge in [0.25, 0.3) is 0 Å². The van der Waals surface area contributed by atoms with Crippen molar-refractivity contribution in [1.29, 1.82) is 0 Å². The van der Waals surface area contributed by atoms with Crippen LogP contribution in [0.15, 0.2) is 41.3 Å². The van der Waals surface area contributed by atoms with Gasteiger partial charge in [-0.2, -0.15) is 5.10 Å². The third-order valence-electron chi connectivity index (χ3n) is 4.87. The van der Waals surface area contributed by atoms with Crippen LogP contribution in [0.4, 0.5) is 10.5 Å². The Morgan fingerprint density at radius 3 is 2.53 bits per heavy atom. The van der Waals surface area contributed by atoms with Crippen LogP contribution in [-0.2, 0) is 4.74 Å². The van der Waals surface area contributed by atoms with E-state index in [-0.39, 0.29) is 6.09 Å². The van der Waals surface area contributed by atoms with Gasteiger partial charge in [-0.15, -0.1) is 0 Å². The first-order chi connectivity index (χ1) is 14.2. The smallest absolute Gasteiger partial charge is 0.410 e. The summed E-state index contributed by atoms with van der Waals surface area (Å²) in [7, 11) is 0. The molecular formula is C21H23BrClN5O2. The van der Waals surface area contributed by atoms with E-state index in [1.807, 2.05) is 51.4 Å². The number of hydrogen-bond acceptors (Lipinski definition) is 5. The predicted octanol–water partition coefficient (Wildman–Crippen LogP) is 4.87. The van der Waals surface area contributed by atoms with Crippen molar-refractivity contribution in [2.45, 2.75) is 26.4 Å². The van der Waals surface area contributed by atoms with Gasteiger partial charge in [0.15, 0.2) is 5.65 Å². The number of amides is 1. The molecule has 0 aliphatic carbocycles. The summed E-state index contributed by atoms with van der Waals surface area (Å²) in [5.74, 6) is 0. The molecule has 158 valence electrons. The first-order valence-electron chi connectivity index (χ1n) is 9.73. The monoisotopic (exact) mass is 491 g/mol. The zero-order chi connectivity index (χ0) is 21.5. The molecule has 9 heteroatoms. The van der Waals surface area contributed by atoms with Crippen molar-refractivity contribution in [1.82, 2.24) is 19.5 Å². The van der Waals surface area contributed by atoms with Crippen LogP contribution in [0.2, 0.25) is 5.02 Å². The highest BCUT2D eigenvalue weighted by Crippen LogP contribution is 2.32. The summed E-state index contributed by atoms with van der Waals surface area (Å²) in [4.78, 5) is 20.7. The summed E-state index contributed by atoms with van der Waals surface area (Å²) in [6.07, 6.45) is 5.20. The van der Waals surface area contributed by atoms with Gasteiger partial charge in [0.2, 0.25) is 0 Å².